The Bertz CT molecular complexity index is 1290. The summed E-state index contributed by atoms with van der Waals surface area (Å²) in [4.78, 5) is 32.9. The first-order chi connectivity index (χ1) is 16.1. The van der Waals surface area contributed by atoms with Crippen molar-refractivity contribution in [2.24, 2.45) is 5.73 Å². The molecule has 2 aromatic heterocycles. The molecule has 0 spiro atoms. The largest absolute Gasteiger partial charge is 0.368 e. The fraction of sp³-hybridized carbons (Fsp3) is 0.200. The van der Waals surface area contributed by atoms with E-state index in [2.05, 4.69) is 27.1 Å². The smallest absolute Gasteiger partial charge is 0.255 e. The maximum atomic E-state index is 13.1. The van der Waals surface area contributed by atoms with Gasteiger partial charge >= 0.3 is 0 Å². The van der Waals surface area contributed by atoms with Crippen LogP contribution in [-0.4, -0.2) is 57.7 Å². The maximum Gasteiger partial charge on any atom is 0.255 e. The molecule has 1 fully saturated rings. The van der Waals surface area contributed by atoms with Crippen LogP contribution in [0.15, 0.2) is 73.1 Å². The van der Waals surface area contributed by atoms with Crippen molar-refractivity contribution in [2.45, 2.75) is 6.54 Å². The van der Waals surface area contributed by atoms with E-state index in [4.69, 9.17) is 5.73 Å². The van der Waals surface area contributed by atoms with Crippen molar-refractivity contribution in [1.82, 2.24) is 19.7 Å². The second-order valence-electron chi connectivity index (χ2n) is 8.12. The monoisotopic (exact) mass is 440 g/mol. The molecule has 2 aromatic carbocycles. The highest BCUT2D eigenvalue weighted by atomic mass is 16.2. The van der Waals surface area contributed by atoms with E-state index in [0.717, 1.165) is 22.3 Å². The van der Waals surface area contributed by atoms with Gasteiger partial charge in [0.25, 0.3) is 5.91 Å². The second-order valence-corrected chi connectivity index (χ2v) is 8.12. The zero-order chi connectivity index (χ0) is 22.8. The average Bonchev–Trinajstić information content (AvgIpc) is 3.26. The lowest BCUT2D eigenvalue weighted by molar-refractivity contribution is 0.0746. The molecule has 0 atom stereocenters. The van der Waals surface area contributed by atoms with Gasteiger partial charge in [-0.3, -0.25) is 9.59 Å². The predicted octanol–water partition coefficient (Wildman–Crippen LogP) is 2.54. The van der Waals surface area contributed by atoms with Gasteiger partial charge in [-0.25, -0.2) is 9.67 Å². The molecule has 8 heteroatoms. The number of carbonyl (C=O) groups is 2. The zero-order valence-corrected chi connectivity index (χ0v) is 18.1. The van der Waals surface area contributed by atoms with Crippen LogP contribution in [0.1, 0.15) is 26.3 Å². The number of aromatic nitrogens is 3. The van der Waals surface area contributed by atoms with Gasteiger partial charge in [0.2, 0.25) is 5.91 Å². The topological polar surface area (TPSA) is 97.4 Å². The molecule has 0 saturated carbocycles. The van der Waals surface area contributed by atoms with Crippen LogP contribution >= 0.6 is 0 Å². The van der Waals surface area contributed by atoms with Crippen molar-refractivity contribution < 1.29 is 9.59 Å². The number of benzene rings is 2. The quantitative estimate of drug-likeness (QED) is 0.514. The van der Waals surface area contributed by atoms with Crippen LogP contribution in [0.4, 0.5) is 5.69 Å². The summed E-state index contributed by atoms with van der Waals surface area (Å²) in [7, 11) is 0. The molecule has 8 nitrogen and oxygen atoms in total. The summed E-state index contributed by atoms with van der Waals surface area (Å²) in [6.07, 6.45) is 3.40. The molecule has 0 radical (unpaired) electrons. The first kappa shape index (κ1) is 20.7. The highest BCUT2D eigenvalue weighted by molar-refractivity contribution is 5.97. The van der Waals surface area contributed by atoms with Crippen molar-refractivity contribution >= 4 is 28.5 Å². The number of carbonyl (C=O) groups excluding carboxylic acids is 2. The minimum absolute atomic E-state index is 0.0241. The molecule has 1 aliphatic heterocycles. The lowest BCUT2D eigenvalue weighted by Crippen LogP contribution is -2.48. The lowest BCUT2D eigenvalue weighted by Gasteiger charge is -2.36. The molecule has 0 unspecified atom stereocenters. The number of fused-ring (bicyclic) bond motifs is 1. The molecule has 2 amide bonds. The van der Waals surface area contributed by atoms with Gasteiger partial charge in [-0.2, -0.15) is 5.10 Å². The number of piperazine rings is 1. The Morgan fingerprint density at radius 3 is 2.30 bits per heavy atom. The molecule has 5 rings (SSSR count). The van der Waals surface area contributed by atoms with Gasteiger partial charge in [0, 0.05) is 49.0 Å². The van der Waals surface area contributed by atoms with E-state index >= 15 is 0 Å². The Balaban J connectivity index is 1.25. The zero-order valence-electron chi connectivity index (χ0n) is 18.1. The van der Waals surface area contributed by atoms with E-state index in [1.165, 1.54) is 0 Å². The highest BCUT2D eigenvalue weighted by Crippen LogP contribution is 2.20. The van der Waals surface area contributed by atoms with E-state index < -0.39 is 5.91 Å². The van der Waals surface area contributed by atoms with Crippen molar-refractivity contribution in [2.75, 3.05) is 31.1 Å². The normalized spacial score (nSPS) is 13.9. The van der Waals surface area contributed by atoms with Crippen LogP contribution in [0, 0.1) is 0 Å². The summed E-state index contributed by atoms with van der Waals surface area (Å²) < 4.78 is 1.85. The Kier molecular flexibility index (Phi) is 5.48. The molecule has 166 valence electrons. The van der Waals surface area contributed by atoms with Gasteiger partial charge in [-0.1, -0.05) is 30.3 Å². The van der Waals surface area contributed by atoms with Crippen LogP contribution < -0.4 is 10.6 Å². The summed E-state index contributed by atoms with van der Waals surface area (Å²) in [6, 6.07) is 19.2. The Labute approximate surface area is 191 Å². The minimum Gasteiger partial charge on any atom is -0.368 e. The Morgan fingerprint density at radius 1 is 0.879 bits per heavy atom. The molecule has 1 saturated heterocycles. The minimum atomic E-state index is -0.437. The summed E-state index contributed by atoms with van der Waals surface area (Å²) in [5.41, 5.74) is 9.29. The van der Waals surface area contributed by atoms with E-state index in [1.54, 1.807) is 24.5 Å². The van der Waals surface area contributed by atoms with Crippen LogP contribution in [0.5, 0.6) is 0 Å². The second kappa shape index (κ2) is 8.74. The molecule has 2 N–H and O–H groups in total. The van der Waals surface area contributed by atoms with Crippen molar-refractivity contribution in [3.63, 3.8) is 0 Å². The predicted molar refractivity (Wildman–Crippen MR) is 126 cm³/mol. The van der Waals surface area contributed by atoms with E-state index in [0.29, 0.717) is 43.9 Å². The van der Waals surface area contributed by atoms with Crippen molar-refractivity contribution in [1.29, 1.82) is 0 Å². The number of nitrogens with two attached hydrogens (primary N) is 1. The van der Waals surface area contributed by atoms with Gasteiger partial charge in [-0.15, -0.1) is 0 Å². The Hall–Kier alpha value is -4.20. The fourth-order valence-electron chi connectivity index (χ4n) is 4.15. The fourth-order valence-corrected chi connectivity index (χ4v) is 4.15. The number of rotatable bonds is 5. The maximum absolute atomic E-state index is 13.1. The van der Waals surface area contributed by atoms with Crippen LogP contribution in [0.3, 0.4) is 0 Å². The summed E-state index contributed by atoms with van der Waals surface area (Å²) in [6.45, 7) is 3.29. The third kappa shape index (κ3) is 4.27. The van der Waals surface area contributed by atoms with Crippen molar-refractivity contribution in [3.8, 4) is 0 Å². The SMILES string of the molecule is NC(=O)c1ccc(N2CCN(C(=O)c3cnc4c(cnn4Cc4ccccc4)c3)CC2)cc1. The number of anilines is 1. The number of primary amides is 1. The first-order valence-electron chi connectivity index (χ1n) is 10.9. The van der Waals surface area contributed by atoms with Gasteiger partial charge in [0.05, 0.1) is 18.3 Å². The molecule has 0 aliphatic carbocycles. The van der Waals surface area contributed by atoms with Crippen LogP contribution in [-0.2, 0) is 6.54 Å². The van der Waals surface area contributed by atoms with E-state index in [1.807, 2.05) is 46.0 Å². The molecule has 33 heavy (non-hydrogen) atoms. The lowest BCUT2D eigenvalue weighted by atomic mass is 10.1. The van der Waals surface area contributed by atoms with Crippen LogP contribution in [0.2, 0.25) is 0 Å². The molecular weight excluding hydrogens is 416 g/mol. The Morgan fingerprint density at radius 2 is 1.61 bits per heavy atom. The standard InChI is InChI=1S/C25H24N6O2/c26-23(32)19-6-8-22(9-7-19)29-10-12-30(13-11-29)25(33)21-14-20-16-28-31(24(20)27-15-21)17-18-4-2-1-3-5-18/h1-9,14-16H,10-13,17H2,(H2,26,32). The summed E-state index contributed by atoms with van der Waals surface area (Å²) in [5, 5.41) is 5.31. The van der Waals surface area contributed by atoms with Gasteiger partial charge in [0.15, 0.2) is 5.65 Å². The average molecular weight is 441 g/mol. The number of pyridine rings is 1. The summed E-state index contributed by atoms with van der Waals surface area (Å²) in [5.74, 6) is -0.461. The molecular formula is C25H24N6O2. The number of nitrogens with zero attached hydrogens (tertiary/aromatic N) is 5. The third-order valence-electron chi connectivity index (χ3n) is 5.98. The first-order valence-corrected chi connectivity index (χ1v) is 10.9. The number of hydrogen-bond donors (Lipinski definition) is 1. The summed E-state index contributed by atoms with van der Waals surface area (Å²) >= 11 is 0. The van der Waals surface area contributed by atoms with Gasteiger partial charge in [0.1, 0.15) is 0 Å². The molecule has 4 aromatic rings. The van der Waals surface area contributed by atoms with Crippen LogP contribution in [0.25, 0.3) is 11.0 Å². The number of amides is 2. The molecule has 3 heterocycles. The molecule has 0 bridgehead atoms. The number of hydrogen-bond acceptors (Lipinski definition) is 5. The van der Waals surface area contributed by atoms with E-state index in [-0.39, 0.29) is 5.91 Å². The highest BCUT2D eigenvalue weighted by Gasteiger charge is 2.23. The van der Waals surface area contributed by atoms with Crippen molar-refractivity contribution in [3.05, 3.63) is 89.7 Å². The third-order valence-corrected chi connectivity index (χ3v) is 5.98. The molecule has 1 aliphatic rings. The van der Waals surface area contributed by atoms with Gasteiger partial charge in [-0.05, 0) is 35.9 Å². The van der Waals surface area contributed by atoms with Gasteiger partial charge < -0.3 is 15.5 Å². The van der Waals surface area contributed by atoms with E-state index in [9.17, 15) is 9.59 Å².